The number of rotatable bonds is 10. The maximum absolute atomic E-state index is 12.3. The number of thioether (sulfide) groups is 1. The molecule has 7 heteroatoms. The molecular formula is C21H29N2O4S+. The number of likely N-dealkylation sites (N-methyl/N-ethyl adjacent to an activating group) is 1. The quantitative estimate of drug-likeness (QED) is 0.590. The lowest BCUT2D eigenvalue weighted by atomic mass is 10.1. The van der Waals surface area contributed by atoms with Crippen LogP contribution in [0.3, 0.4) is 0 Å². The minimum absolute atomic E-state index is 0.00742. The molecule has 1 amide bonds. The van der Waals surface area contributed by atoms with Crippen LogP contribution in [0.4, 0.5) is 0 Å². The van der Waals surface area contributed by atoms with Crippen LogP contribution in [0.25, 0.3) is 0 Å². The number of hydrogen-bond acceptors (Lipinski definition) is 5. The summed E-state index contributed by atoms with van der Waals surface area (Å²) in [5, 5.41) is 2.96. The summed E-state index contributed by atoms with van der Waals surface area (Å²) in [6.45, 7) is 1.59. The fourth-order valence-corrected chi connectivity index (χ4v) is 3.34. The van der Waals surface area contributed by atoms with Gasteiger partial charge in [-0.2, -0.15) is 0 Å². The summed E-state index contributed by atoms with van der Waals surface area (Å²) < 4.78 is 16.0. The molecular weight excluding hydrogens is 376 g/mol. The van der Waals surface area contributed by atoms with Crippen LogP contribution in [-0.2, 0) is 17.9 Å². The SMILES string of the molecule is COc1cc(CNC(=O)C[NH+](C)Cc2ccc(SC)cc2)cc(OC)c1OC. The van der Waals surface area contributed by atoms with Gasteiger partial charge in [-0.1, -0.05) is 12.1 Å². The number of quaternary nitrogens is 1. The van der Waals surface area contributed by atoms with Crippen LogP contribution in [0.2, 0.25) is 0 Å². The topological polar surface area (TPSA) is 61.2 Å². The largest absolute Gasteiger partial charge is 0.493 e. The Hall–Kier alpha value is -2.38. The van der Waals surface area contributed by atoms with Gasteiger partial charge in [0.15, 0.2) is 18.0 Å². The molecule has 6 nitrogen and oxygen atoms in total. The average Bonchev–Trinajstić information content (AvgIpc) is 2.71. The molecule has 2 rings (SSSR count). The van der Waals surface area contributed by atoms with Crippen molar-refractivity contribution in [3.05, 3.63) is 47.5 Å². The molecule has 0 saturated carbocycles. The zero-order valence-electron chi connectivity index (χ0n) is 17.1. The van der Waals surface area contributed by atoms with E-state index in [1.807, 2.05) is 19.2 Å². The Kier molecular flexibility index (Phi) is 8.47. The summed E-state index contributed by atoms with van der Waals surface area (Å²) in [7, 11) is 6.73. The predicted molar refractivity (Wildman–Crippen MR) is 112 cm³/mol. The van der Waals surface area contributed by atoms with E-state index in [9.17, 15) is 4.79 Å². The Morgan fingerprint density at radius 3 is 2.11 bits per heavy atom. The van der Waals surface area contributed by atoms with Gasteiger partial charge in [0.1, 0.15) is 6.54 Å². The normalized spacial score (nSPS) is 11.6. The molecule has 28 heavy (non-hydrogen) atoms. The number of hydrogen-bond donors (Lipinski definition) is 2. The van der Waals surface area contributed by atoms with Crippen molar-refractivity contribution >= 4 is 17.7 Å². The molecule has 2 aromatic rings. The highest BCUT2D eigenvalue weighted by Gasteiger charge is 2.15. The van der Waals surface area contributed by atoms with Crippen LogP contribution in [0.15, 0.2) is 41.3 Å². The van der Waals surface area contributed by atoms with Crippen molar-refractivity contribution in [2.45, 2.75) is 18.0 Å². The lowest BCUT2D eigenvalue weighted by molar-refractivity contribution is -0.885. The van der Waals surface area contributed by atoms with Crippen LogP contribution in [0, 0.1) is 0 Å². The van der Waals surface area contributed by atoms with Crippen LogP contribution in [0.5, 0.6) is 17.2 Å². The van der Waals surface area contributed by atoms with Crippen molar-refractivity contribution < 1.29 is 23.9 Å². The molecule has 0 fully saturated rings. The highest BCUT2D eigenvalue weighted by atomic mass is 32.2. The maximum Gasteiger partial charge on any atom is 0.275 e. The third kappa shape index (κ3) is 6.07. The number of carbonyl (C=O) groups is 1. The van der Waals surface area contributed by atoms with Gasteiger partial charge in [0, 0.05) is 17.0 Å². The first kappa shape index (κ1) is 21.9. The average molecular weight is 406 g/mol. The second-order valence-electron chi connectivity index (χ2n) is 6.47. The molecule has 0 spiro atoms. The Bertz CT molecular complexity index is 755. The van der Waals surface area contributed by atoms with Gasteiger partial charge in [-0.25, -0.2) is 0 Å². The minimum atomic E-state index is -0.00742. The first-order valence-electron chi connectivity index (χ1n) is 9.00. The Morgan fingerprint density at radius 1 is 1.00 bits per heavy atom. The number of amides is 1. The highest BCUT2D eigenvalue weighted by molar-refractivity contribution is 7.98. The van der Waals surface area contributed by atoms with Gasteiger partial charge in [-0.3, -0.25) is 4.79 Å². The number of carbonyl (C=O) groups excluding carboxylic acids is 1. The Labute approximate surface area is 171 Å². The van der Waals surface area contributed by atoms with Crippen molar-refractivity contribution in [2.24, 2.45) is 0 Å². The van der Waals surface area contributed by atoms with Gasteiger partial charge in [0.05, 0.1) is 28.4 Å². The highest BCUT2D eigenvalue weighted by Crippen LogP contribution is 2.38. The van der Waals surface area contributed by atoms with Crippen LogP contribution >= 0.6 is 11.8 Å². The fourth-order valence-electron chi connectivity index (χ4n) is 2.93. The molecule has 152 valence electrons. The fraction of sp³-hybridized carbons (Fsp3) is 0.381. The monoisotopic (exact) mass is 405 g/mol. The van der Waals surface area contributed by atoms with Gasteiger partial charge >= 0.3 is 0 Å². The standard InChI is InChI=1S/C21H28N2O4S/c1-23(13-15-6-8-17(28-5)9-7-15)14-20(24)22-12-16-10-18(25-2)21(27-4)19(11-16)26-3/h6-11H,12-14H2,1-5H3,(H,22,24)/p+1. The van der Waals surface area contributed by atoms with E-state index in [-0.39, 0.29) is 5.91 Å². The zero-order chi connectivity index (χ0) is 20.5. The first-order chi connectivity index (χ1) is 13.5. The van der Waals surface area contributed by atoms with Crippen molar-refractivity contribution in [3.63, 3.8) is 0 Å². The van der Waals surface area contributed by atoms with Gasteiger partial charge in [0.25, 0.3) is 5.91 Å². The maximum atomic E-state index is 12.3. The van der Waals surface area contributed by atoms with Crippen LogP contribution in [-0.4, -0.2) is 47.1 Å². The molecule has 0 aliphatic carbocycles. The molecule has 0 aliphatic rings. The van der Waals surface area contributed by atoms with E-state index in [0.717, 1.165) is 17.0 Å². The van der Waals surface area contributed by atoms with Crippen LogP contribution < -0.4 is 24.4 Å². The van der Waals surface area contributed by atoms with Gasteiger partial charge in [0.2, 0.25) is 5.75 Å². The predicted octanol–water partition coefficient (Wildman–Crippen LogP) is 1.77. The molecule has 1 unspecified atom stereocenters. The van der Waals surface area contributed by atoms with E-state index < -0.39 is 0 Å². The van der Waals surface area contributed by atoms with Gasteiger partial charge < -0.3 is 24.4 Å². The molecule has 1 atom stereocenters. The van der Waals surface area contributed by atoms with Crippen molar-refractivity contribution in [2.75, 3.05) is 41.2 Å². The third-order valence-electron chi connectivity index (χ3n) is 4.34. The molecule has 0 heterocycles. The smallest absolute Gasteiger partial charge is 0.275 e. The lowest BCUT2D eigenvalue weighted by Gasteiger charge is -2.16. The molecule has 0 radical (unpaired) electrons. The van der Waals surface area contributed by atoms with Crippen molar-refractivity contribution in [3.8, 4) is 17.2 Å². The molecule has 0 aromatic heterocycles. The van der Waals surface area contributed by atoms with Crippen molar-refractivity contribution in [1.82, 2.24) is 5.32 Å². The summed E-state index contributed by atoms with van der Waals surface area (Å²) in [5.74, 6) is 1.67. The van der Waals surface area contributed by atoms with E-state index in [4.69, 9.17) is 14.2 Å². The van der Waals surface area contributed by atoms with E-state index in [2.05, 4.69) is 35.8 Å². The molecule has 0 bridgehead atoms. The van der Waals surface area contributed by atoms with Gasteiger partial charge in [-0.15, -0.1) is 11.8 Å². The van der Waals surface area contributed by atoms with Gasteiger partial charge in [-0.05, 0) is 36.1 Å². The van der Waals surface area contributed by atoms with E-state index >= 15 is 0 Å². The summed E-state index contributed by atoms with van der Waals surface area (Å²) in [4.78, 5) is 14.7. The minimum Gasteiger partial charge on any atom is -0.493 e. The number of benzene rings is 2. The summed E-state index contributed by atoms with van der Waals surface area (Å²) in [5.41, 5.74) is 2.10. The molecule has 2 N–H and O–H groups in total. The Balaban J connectivity index is 1.90. The first-order valence-corrected chi connectivity index (χ1v) is 10.2. The third-order valence-corrected chi connectivity index (χ3v) is 5.09. The van der Waals surface area contributed by atoms with E-state index in [1.165, 1.54) is 10.5 Å². The molecule has 2 aromatic carbocycles. The molecule has 0 saturated heterocycles. The molecule has 0 aliphatic heterocycles. The van der Waals surface area contributed by atoms with E-state index in [1.54, 1.807) is 33.1 Å². The second-order valence-corrected chi connectivity index (χ2v) is 7.35. The number of nitrogens with one attached hydrogen (secondary N) is 2. The van der Waals surface area contributed by atoms with Crippen molar-refractivity contribution in [1.29, 1.82) is 0 Å². The van der Waals surface area contributed by atoms with Crippen LogP contribution in [0.1, 0.15) is 11.1 Å². The summed E-state index contributed by atoms with van der Waals surface area (Å²) in [6, 6.07) is 12.1. The lowest BCUT2D eigenvalue weighted by Crippen LogP contribution is -3.08. The summed E-state index contributed by atoms with van der Waals surface area (Å²) in [6.07, 6.45) is 2.06. The number of methoxy groups -OCH3 is 3. The second kappa shape index (κ2) is 10.8. The Morgan fingerprint density at radius 2 is 1.61 bits per heavy atom. The van der Waals surface area contributed by atoms with E-state index in [0.29, 0.717) is 30.3 Å². The summed E-state index contributed by atoms with van der Waals surface area (Å²) >= 11 is 1.72. The number of ether oxygens (including phenoxy) is 3. The zero-order valence-corrected chi connectivity index (χ0v) is 17.9.